The number of morpholine rings is 1. The number of hydrogen-bond acceptors (Lipinski definition) is 10. The summed E-state index contributed by atoms with van der Waals surface area (Å²) in [6, 6.07) is 25.0. The second-order valence-electron chi connectivity index (χ2n) is 18.6. The van der Waals surface area contributed by atoms with E-state index in [0.29, 0.717) is 19.4 Å². The average molecular weight is 967 g/mol. The van der Waals surface area contributed by atoms with Crippen molar-refractivity contribution in [3.63, 3.8) is 0 Å². The first-order valence-electron chi connectivity index (χ1n) is 25.4. The predicted molar refractivity (Wildman–Crippen MR) is 279 cm³/mol. The maximum absolute atomic E-state index is 15.3. The van der Waals surface area contributed by atoms with E-state index in [1.165, 1.54) is 71.1 Å². The number of carbonyl (C=O) groups is 1. The Morgan fingerprint density at radius 1 is 0.786 bits per heavy atom. The van der Waals surface area contributed by atoms with Crippen molar-refractivity contribution in [1.29, 1.82) is 0 Å². The van der Waals surface area contributed by atoms with Gasteiger partial charge in [0.1, 0.15) is 11.6 Å². The lowest BCUT2D eigenvalue weighted by atomic mass is 10.0. The highest BCUT2D eigenvalue weighted by molar-refractivity contribution is 7.07. The van der Waals surface area contributed by atoms with E-state index in [4.69, 9.17) is 19.0 Å². The molecular weight excluding hydrogens is 900 g/mol. The maximum atomic E-state index is 15.3. The summed E-state index contributed by atoms with van der Waals surface area (Å²) < 4.78 is 36.6. The number of amides is 1. The number of halogens is 1. The number of unbranched alkanes of at least 4 members (excludes halogenated alkanes) is 7. The molecule has 12 nitrogen and oxygen atoms in total. The summed E-state index contributed by atoms with van der Waals surface area (Å²) in [6.07, 6.45) is 10.5. The van der Waals surface area contributed by atoms with Crippen LogP contribution in [-0.2, 0) is 42.0 Å². The van der Waals surface area contributed by atoms with Gasteiger partial charge in [-0.05, 0) is 106 Å². The smallest absolute Gasteiger partial charge is 0.257 e. The Bertz CT molecular complexity index is 2970. The second kappa shape index (κ2) is 23.8. The molecule has 2 N–H and O–H groups in total. The van der Waals surface area contributed by atoms with E-state index in [1.807, 2.05) is 25.4 Å². The monoisotopic (exact) mass is 966 g/mol. The Labute approximate surface area is 414 Å². The number of nitrogens with zero attached hydrogens (tertiary/aromatic N) is 6. The first-order chi connectivity index (χ1) is 34.3. The van der Waals surface area contributed by atoms with E-state index in [9.17, 15) is 4.79 Å². The number of aromatic nitrogens is 5. The fraction of sp³-hybridized carbons (Fsp3) is 0.429. The minimum atomic E-state index is -0.473. The molecule has 0 atom stereocenters. The normalized spacial score (nSPS) is 13.3. The molecule has 1 amide bonds. The van der Waals surface area contributed by atoms with Crippen molar-refractivity contribution in [1.82, 2.24) is 39.8 Å². The number of benzene rings is 4. The molecule has 4 aromatic heterocycles. The molecule has 14 heteroatoms. The van der Waals surface area contributed by atoms with Crippen LogP contribution in [0.1, 0.15) is 86.7 Å². The van der Waals surface area contributed by atoms with Crippen LogP contribution in [0.2, 0.25) is 0 Å². The molecule has 8 aromatic rings. The third kappa shape index (κ3) is 12.0. The Hall–Kier alpha value is -5.93. The summed E-state index contributed by atoms with van der Waals surface area (Å²) in [6.45, 7) is 14.3. The van der Waals surface area contributed by atoms with Crippen LogP contribution in [0.5, 0.6) is 5.75 Å². The molecule has 70 heavy (non-hydrogen) atoms. The zero-order valence-electron chi connectivity index (χ0n) is 41.0. The van der Waals surface area contributed by atoms with Crippen LogP contribution >= 0.6 is 11.3 Å². The van der Waals surface area contributed by atoms with Gasteiger partial charge in [-0.2, -0.15) is 0 Å². The number of carbonyl (C=O) groups excluding carboxylic acids is 1. The van der Waals surface area contributed by atoms with Crippen LogP contribution in [0.3, 0.4) is 0 Å². The van der Waals surface area contributed by atoms with Gasteiger partial charge in [-0.15, -0.1) is 11.3 Å². The summed E-state index contributed by atoms with van der Waals surface area (Å²) in [7, 11) is 0. The Morgan fingerprint density at radius 2 is 1.56 bits per heavy atom. The van der Waals surface area contributed by atoms with Gasteiger partial charge < -0.3 is 33.8 Å². The zero-order valence-corrected chi connectivity index (χ0v) is 41.9. The number of nitrogens with one attached hydrogen (secondary N) is 2. The first-order valence-corrected chi connectivity index (χ1v) is 26.3. The van der Waals surface area contributed by atoms with Crippen LogP contribution in [0.25, 0.3) is 55.2 Å². The fourth-order valence-corrected chi connectivity index (χ4v) is 10.6. The summed E-state index contributed by atoms with van der Waals surface area (Å²) >= 11 is 1.63. The molecule has 0 saturated carbocycles. The molecule has 4 aromatic carbocycles. The zero-order chi connectivity index (χ0) is 48.2. The molecule has 0 aliphatic carbocycles. The van der Waals surface area contributed by atoms with Crippen LogP contribution in [0, 0.1) is 19.7 Å². The quantitative estimate of drug-likeness (QED) is 0.0539. The lowest BCUT2D eigenvalue weighted by molar-refractivity contribution is -0.123. The summed E-state index contributed by atoms with van der Waals surface area (Å²) in [5, 5.41) is 15.5. The van der Waals surface area contributed by atoms with Crippen molar-refractivity contribution in [3.8, 4) is 28.1 Å². The van der Waals surface area contributed by atoms with Crippen molar-refractivity contribution >= 4 is 50.1 Å². The van der Waals surface area contributed by atoms with Gasteiger partial charge in [-0.25, -0.2) is 14.4 Å². The molecule has 1 saturated heterocycles. The van der Waals surface area contributed by atoms with Crippen LogP contribution < -0.4 is 15.4 Å². The van der Waals surface area contributed by atoms with Gasteiger partial charge in [0.05, 0.1) is 41.1 Å². The van der Waals surface area contributed by atoms with E-state index < -0.39 is 5.82 Å². The second-order valence-corrected chi connectivity index (χ2v) is 19.4. The van der Waals surface area contributed by atoms with Gasteiger partial charge in [-0.3, -0.25) is 9.69 Å². The molecule has 1 aliphatic rings. The third-order valence-electron chi connectivity index (χ3n) is 13.8. The molecule has 9 rings (SSSR count). The Balaban J connectivity index is 0.641. The number of rotatable bonds is 25. The molecule has 0 radical (unpaired) electrons. The van der Waals surface area contributed by atoms with Crippen LogP contribution in [0.15, 0.2) is 88.2 Å². The van der Waals surface area contributed by atoms with Gasteiger partial charge in [0.25, 0.3) is 5.91 Å². The summed E-state index contributed by atoms with van der Waals surface area (Å²) in [5.41, 5.74) is 13.7. The topological polar surface area (TPSA) is 125 Å². The third-order valence-corrected chi connectivity index (χ3v) is 14.4. The number of aryl methyl sites for hydroxylation is 5. The van der Waals surface area contributed by atoms with E-state index >= 15 is 4.39 Å². The SMILES string of the molecule is CCn1c2ccc(CNCCCCCCCCCCNC(=O)COc3ccc(CCc4nc5cc(-c6c(C)noc6C)ccc5n4CCN4CCOCC4)cc3F)cc2c2ccc(-c3cscn3)cc21. The highest BCUT2D eigenvalue weighted by atomic mass is 32.1. The van der Waals surface area contributed by atoms with Crippen molar-refractivity contribution in [3.05, 3.63) is 118 Å². The fourth-order valence-electron chi connectivity index (χ4n) is 10.0. The lowest BCUT2D eigenvalue weighted by Crippen LogP contribution is -2.38. The van der Waals surface area contributed by atoms with E-state index in [0.717, 1.165) is 129 Å². The lowest BCUT2D eigenvalue weighted by Gasteiger charge is -2.27. The summed E-state index contributed by atoms with van der Waals surface area (Å²) in [4.78, 5) is 24.6. The number of ether oxygens (including phenoxy) is 2. The number of hydrogen-bond donors (Lipinski definition) is 2. The van der Waals surface area contributed by atoms with Crippen LogP contribution in [-0.4, -0.2) is 87.6 Å². The maximum Gasteiger partial charge on any atom is 0.257 e. The van der Waals surface area contributed by atoms with Crippen molar-refractivity contribution in [2.45, 2.75) is 105 Å². The van der Waals surface area contributed by atoms with Crippen molar-refractivity contribution in [2.75, 3.05) is 52.5 Å². The van der Waals surface area contributed by atoms with Gasteiger partial charge in [0.15, 0.2) is 18.2 Å². The molecular formula is C56H67FN8O4S. The Kier molecular flexibility index (Phi) is 16.7. The van der Waals surface area contributed by atoms with Crippen molar-refractivity contribution in [2.24, 2.45) is 0 Å². The molecule has 5 heterocycles. The first kappa shape index (κ1) is 49.1. The highest BCUT2D eigenvalue weighted by Gasteiger charge is 2.19. The number of fused-ring (bicyclic) bond motifs is 4. The Morgan fingerprint density at radius 3 is 2.31 bits per heavy atom. The molecule has 1 aliphatic heterocycles. The van der Waals surface area contributed by atoms with Gasteiger partial charge >= 0.3 is 0 Å². The number of imidazole rings is 1. The summed E-state index contributed by atoms with van der Waals surface area (Å²) in [5.74, 6) is 1.10. The van der Waals surface area contributed by atoms with E-state index in [1.54, 1.807) is 17.4 Å². The number of thiazole rings is 1. The highest BCUT2D eigenvalue weighted by Crippen LogP contribution is 2.34. The minimum Gasteiger partial charge on any atom is -0.481 e. The molecule has 0 bridgehead atoms. The van der Waals surface area contributed by atoms with Crippen LogP contribution in [0.4, 0.5) is 4.39 Å². The predicted octanol–water partition coefficient (Wildman–Crippen LogP) is 11.2. The molecule has 0 unspecified atom stereocenters. The molecule has 1 fully saturated rings. The van der Waals surface area contributed by atoms with Gasteiger partial charge in [0, 0.05) is 90.5 Å². The van der Waals surface area contributed by atoms with E-state index in [2.05, 4.69) is 102 Å². The standard InChI is InChI=1S/C56H67FN8O4S/c1-4-64-50-19-13-42(31-46(50)45-18-16-43(34-52(45)64)49-37-70-38-60-49)35-58-23-11-9-7-5-6-8-10-12-24-59-55(66)36-68-53-21-14-41(32-47(53)57)15-22-54-61-48-33-44(56-39(2)62-69-40(56)3)17-20-51(48)65(54)26-25-63-27-29-67-30-28-63/h13-14,16-21,31-34,37-38,58H,4-12,15,22-30,35-36H2,1-3H3,(H,59,66). The minimum absolute atomic E-state index is 0.0793. The molecule has 368 valence electrons. The van der Waals surface area contributed by atoms with E-state index in [-0.39, 0.29) is 18.3 Å². The van der Waals surface area contributed by atoms with Gasteiger partial charge in [0.2, 0.25) is 0 Å². The largest absolute Gasteiger partial charge is 0.481 e. The van der Waals surface area contributed by atoms with Crippen molar-refractivity contribution < 1.29 is 23.2 Å². The van der Waals surface area contributed by atoms with Gasteiger partial charge in [-0.1, -0.05) is 74.0 Å². The molecule has 0 spiro atoms. The average Bonchev–Trinajstić information content (AvgIpc) is 4.18.